The van der Waals surface area contributed by atoms with Gasteiger partial charge in [-0.25, -0.2) is 0 Å². The topological polar surface area (TPSA) is 47.6 Å². The third-order valence-electron chi connectivity index (χ3n) is 3.54. The first kappa shape index (κ1) is 16.9. The first-order valence-electron chi connectivity index (χ1n) is 7.73. The molecule has 2 aromatic rings. The van der Waals surface area contributed by atoms with E-state index >= 15 is 0 Å². The van der Waals surface area contributed by atoms with Gasteiger partial charge < -0.3 is 14.8 Å². The largest absolute Gasteiger partial charge is 0.493 e. The minimum Gasteiger partial charge on any atom is -0.493 e. The molecule has 0 radical (unpaired) electrons. The Morgan fingerprint density at radius 3 is 2.57 bits per heavy atom. The monoisotopic (exact) mass is 313 g/mol. The lowest BCUT2D eigenvalue weighted by atomic mass is 10.1. The van der Waals surface area contributed by atoms with Gasteiger partial charge in [-0.1, -0.05) is 24.3 Å². The van der Waals surface area contributed by atoms with Crippen LogP contribution in [-0.2, 0) is 4.79 Å². The van der Waals surface area contributed by atoms with Crippen molar-refractivity contribution >= 4 is 11.6 Å². The van der Waals surface area contributed by atoms with Crippen LogP contribution in [0.15, 0.2) is 42.5 Å². The first-order valence-corrected chi connectivity index (χ1v) is 7.73. The lowest BCUT2D eigenvalue weighted by Crippen LogP contribution is -2.13. The molecular weight excluding hydrogens is 290 g/mol. The quantitative estimate of drug-likeness (QED) is 0.783. The summed E-state index contributed by atoms with van der Waals surface area (Å²) in [4.78, 5) is 12.0. The van der Waals surface area contributed by atoms with Crippen LogP contribution in [0.2, 0.25) is 0 Å². The molecule has 4 nitrogen and oxygen atoms in total. The van der Waals surface area contributed by atoms with E-state index in [2.05, 4.69) is 5.32 Å². The number of para-hydroxylation sites is 2. The van der Waals surface area contributed by atoms with Gasteiger partial charge in [0, 0.05) is 12.1 Å². The Morgan fingerprint density at radius 2 is 1.83 bits per heavy atom. The number of rotatable bonds is 7. The van der Waals surface area contributed by atoms with E-state index in [-0.39, 0.29) is 5.91 Å². The first-order chi connectivity index (χ1) is 11.1. The fourth-order valence-corrected chi connectivity index (χ4v) is 2.24. The second kappa shape index (κ2) is 8.22. The van der Waals surface area contributed by atoms with Crippen LogP contribution in [0, 0.1) is 13.8 Å². The van der Waals surface area contributed by atoms with Gasteiger partial charge in [0.2, 0.25) is 5.91 Å². The molecule has 0 aliphatic carbocycles. The van der Waals surface area contributed by atoms with Gasteiger partial charge in [-0.3, -0.25) is 4.79 Å². The highest BCUT2D eigenvalue weighted by molar-refractivity contribution is 5.91. The molecule has 0 atom stereocenters. The zero-order valence-electron chi connectivity index (χ0n) is 13.9. The van der Waals surface area contributed by atoms with Gasteiger partial charge in [0.25, 0.3) is 0 Å². The van der Waals surface area contributed by atoms with Crippen LogP contribution in [0.4, 0.5) is 5.69 Å². The van der Waals surface area contributed by atoms with E-state index in [1.54, 1.807) is 7.11 Å². The summed E-state index contributed by atoms with van der Waals surface area (Å²) in [6, 6.07) is 13.5. The van der Waals surface area contributed by atoms with Crippen LogP contribution in [0.3, 0.4) is 0 Å². The van der Waals surface area contributed by atoms with Crippen LogP contribution in [0.5, 0.6) is 11.5 Å². The predicted molar refractivity (Wildman–Crippen MR) is 92.3 cm³/mol. The minimum atomic E-state index is 0.00215. The summed E-state index contributed by atoms with van der Waals surface area (Å²) in [5.41, 5.74) is 3.07. The molecule has 23 heavy (non-hydrogen) atoms. The van der Waals surface area contributed by atoms with E-state index in [0.29, 0.717) is 30.9 Å². The summed E-state index contributed by atoms with van der Waals surface area (Å²) >= 11 is 0. The summed E-state index contributed by atoms with van der Waals surface area (Å²) in [5.74, 6) is 1.40. The fraction of sp³-hybridized carbons (Fsp3) is 0.316. The lowest BCUT2D eigenvalue weighted by molar-refractivity contribution is -0.116. The van der Waals surface area contributed by atoms with Crippen molar-refractivity contribution in [2.45, 2.75) is 26.7 Å². The van der Waals surface area contributed by atoms with Crippen LogP contribution in [0.25, 0.3) is 0 Å². The molecule has 0 heterocycles. The number of carbonyl (C=O) groups excluding carboxylic acids is 1. The number of amides is 1. The maximum Gasteiger partial charge on any atom is 0.224 e. The summed E-state index contributed by atoms with van der Waals surface area (Å²) in [7, 11) is 1.61. The molecule has 0 aliphatic heterocycles. The molecule has 0 saturated carbocycles. The van der Waals surface area contributed by atoms with Crippen molar-refractivity contribution in [2.24, 2.45) is 0 Å². The van der Waals surface area contributed by atoms with E-state index in [1.807, 2.05) is 56.3 Å². The minimum absolute atomic E-state index is 0.00215. The molecule has 2 aromatic carbocycles. The van der Waals surface area contributed by atoms with E-state index in [4.69, 9.17) is 9.47 Å². The van der Waals surface area contributed by atoms with Gasteiger partial charge in [-0.15, -0.1) is 0 Å². The summed E-state index contributed by atoms with van der Waals surface area (Å²) < 4.78 is 10.9. The van der Waals surface area contributed by atoms with Crippen molar-refractivity contribution in [2.75, 3.05) is 19.0 Å². The molecule has 0 saturated heterocycles. The molecule has 0 aromatic heterocycles. The number of anilines is 1. The van der Waals surface area contributed by atoms with Gasteiger partial charge in [0.15, 0.2) is 11.5 Å². The average molecular weight is 313 g/mol. The Morgan fingerprint density at radius 1 is 1.09 bits per heavy atom. The van der Waals surface area contributed by atoms with Crippen LogP contribution in [0.1, 0.15) is 24.0 Å². The number of methoxy groups -OCH3 is 1. The summed E-state index contributed by atoms with van der Waals surface area (Å²) in [5, 5.41) is 2.95. The van der Waals surface area contributed by atoms with Gasteiger partial charge in [-0.05, 0) is 49.6 Å². The zero-order valence-corrected chi connectivity index (χ0v) is 13.9. The van der Waals surface area contributed by atoms with Crippen LogP contribution >= 0.6 is 0 Å². The van der Waals surface area contributed by atoms with Gasteiger partial charge in [-0.2, -0.15) is 0 Å². The van der Waals surface area contributed by atoms with Crippen molar-refractivity contribution in [1.29, 1.82) is 0 Å². The predicted octanol–water partition coefficient (Wildman–Crippen LogP) is 4.11. The molecule has 0 bridgehead atoms. The number of hydrogen-bond acceptors (Lipinski definition) is 3. The van der Waals surface area contributed by atoms with E-state index in [9.17, 15) is 4.79 Å². The zero-order chi connectivity index (χ0) is 16.7. The Bertz CT molecular complexity index is 667. The maximum atomic E-state index is 12.0. The van der Waals surface area contributed by atoms with E-state index in [0.717, 1.165) is 16.8 Å². The molecular formula is C19H23NO3. The standard InChI is InChI=1S/C19H23NO3/c1-14-10-11-15(2)16(13-14)20-19(21)9-6-12-23-18-8-5-4-7-17(18)22-3/h4-5,7-8,10-11,13H,6,9,12H2,1-3H3,(H,20,21). The third-order valence-corrected chi connectivity index (χ3v) is 3.54. The summed E-state index contributed by atoms with van der Waals surface area (Å²) in [6.07, 6.45) is 1.07. The number of benzene rings is 2. The van der Waals surface area contributed by atoms with Gasteiger partial charge in [0.1, 0.15) is 0 Å². The second-order valence-corrected chi connectivity index (χ2v) is 5.47. The normalized spacial score (nSPS) is 10.2. The molecule has 0 unspecified atom stereocenters. The Hall–Kier alpha value is -2.49. The second-order valence-electron chi connectivity index (χ2n) is 5.47. The molecule has 0 aliphatic rings. The highest BCUT2D eigenvalue weighted by atomic mass is 16.5. The molecule has 1 amide bonds. The van der Waals surface area contributed by atoms with Crippen LogP contribution in [-0.4, -0.2) is 19.6 Å². The Kier molecular flexibility index (Phi) is 6.03. The highest BCUT2D eigenvalue weighted by Gasteiger charge is 2.06. The smallest absolute Gasteiger partial charge is 0.224 e. The number of nitrogens with one attached hydrogen (secondary N) is 1. The fourth-order valence-electron chi connectivity index (χ4n) is 2.24. The van der Waals surface area contributed by atoms with Crippen molar-refractivity contribution in [3.63, 3.8) is 0 Å². The van der Waals surface area contributed by atoms with Gasteiger partial charge >= 0.3 is 0 Å². The lowest BCUT2D eigenvalue weighted by Gasteiger charge is -2.11. The molecule has 0 spiro atoms. The highest BCUT2D eigenvalue weighted by Crippen LogP contribution is 2.25. The number of hydrogen-bond donors (Lipinski definition) is 1. The van der Waals surface area contributed by atoms with Gasteiger partial charge in [0.05, 0.1) is 13.7 Å². The molecule has 0 fully saturated rings. The van der Waals surface area contributed by atoms with Crippen molar-refractivity contribution < 1.29 is 14.3 Å². The van der Waals surface area contributed by atoms with E-state index < -0.39 is 0 Å². The number of carbonyl (C=O) groups is 1. The molecule has 122 valence electrons. The van der Waals surface area contributed by atoms with Crippen molar-refractivity contribution in [3.05, 3.63) is 53.6 Å². The van der Waals surface area contributed by atoms with Crippen molar-refractivity contribution in [1.82, 2.24) is 0 Å². The van der Waals surface area contributed by atoms with Crippen LogP contribution < -0.4 is 14.8 Å². The summed E-state index contributed by atoms with van der Waals surface area (Å²) in [6.45, 7) is 4.47. The molecule has 4 heteroatoms. The number of aryl methyl sites for hydroxylation is 2. The third kappa shape index (κ3) is 5.02. The van der Waals surface area contributed by atoms with E-state index in [1.165, 1.54) is 0 Å². The Labute approximate surface area is 137 Å². The SMILES string of the molecule is COc1ccccc1OCCCC(=O)Nc1cc(C)ccc1C. The maximum absolute atomic E-state index is 12.0. The van der Waals surface area contributed by atoms with Crippen molar-refractivity contribution in [3.8, 4) is 11.5 Å². The average Bonchev–Trinajstić information content (AvgIpc) is 2.55. The molecule has 1 N–H and O–H groups in total. The Balaban J connectivity index is 1.78. The molecule has 2 rings (SSSR count). The number of ether oxygens (including phenoxy) is 2.